The highest BCUT2D eigenvalue weighted by Crippen LogP contribution is 2.34. The fourth-order valence-corrected chi connectivity index (χ4v) is 8.78. The predicted molar refractivity (Wildman–Crippen MR) is 227 cm³/mol. The summed E-state index contributed by atoms with van der Waals surface area (Å²) < 4.78 is 11.6. The lowest BCUT2D eigenvalue weighted by molar-refractivity contribution is -0.165. The lowest BCUT2D eigenvalue weighted by atomic mass is 9.81. The molecule has 3 aliphatic heterocycles. The molecule has 322 valence electrons. The number of esters is 1. The van der Waals surface area contributed by atoms with Crippen LogP contribution >= 0.6 is 11.8 Å². The quantitative estimate of drug-likeness (QED) is 0.349. The highest BCUT2D eigenvalue weighted by Gasteiger charge is 2.43. The molecule has 58 heavy (non-hydrogen) atoms. The Bertz CT molecular complexity index is 1690. The number of hydrogen-bond acceptors (Lipinski definition) is 10. The van der Waals surface area contributed by atoms with Crippen molar-refractivity contribution in [1.29, 1.82) is 0 Å². The first-order chi connectivity index (χ1) is 27.2. The average molecular weight is 826 g/mol. The number of thioether (sulfide) groups is 1. The number of nitrogens with one attached hydrogen (secondary N) is 2. The van der Waals surface area contributed by atoms with E-state index in [0.29, 0.717) is 55.7 Å². The molecular formula is C44H67N5O8S. The largest absolute Gasteiger partial charge is 0.497 e. The van der Waals surface area contributed by atoms with Crippen molar-refractivity contribution in [1.82, 2.24) is 20.4 Å². The van der Waals surface area contributed by atoms with Gasteiger partial charge >= 0.3 is 5.97 Å². The van der Waals surface area contributed by atoms with Crippen LogP contribution in [0.4, 0.5) is 0 Å². The SMILES string of the molecule is CC[C@H](C)[C@@H]1NC(=O)[C@H](C)N(C)C(=O)[C@H](Cc2ccc(OC)cc2)NC(=O)C(C)=C[C@H]2CSC(=N2)[C@@H](C)[C@@H](O)C[C@H](C)C[C@@H](C(C)(C)C)OC(=O)[C@@H]2CCCN2C1=O. The molecule has 1 aromatic carbocycles. The summed E-state index contributed by atoms with van der Waals surface area (Å²) in [6.07, 6.45) is 3.38. The van der Waals surface area contributed by atoms with Crippen LogP contribution in [0.25, 0.3) is 0 Å². The molecule has 0 spiro atoms. The van der Waals surface area contributed by atoms with E-state index in [0.717, 1.165) is 10.6 Å². The van der Waals surface area contributed by atoms with Crippen LogP contribution in [0.1, 0.15) is 100.0 Å². The number of nitrogens with zero attached hydrogens (tertiary/aromatic N) is 3. The van der Waals surface area contributed by atoms with Gasteiger partial charge < -0.3 is 35.0 Å². The van der Waals surface area contributed by atoms with Crippen molar-refractivity contribution in [3.05, 3.63) is 41.5 Å². The molecule has 2 bridgehead atoms. The normalized spacial score (nSPS) is 30.9. The fourth-order valence-electron chi connectivity index (χ4n) is 7.64. The molecule has 1 saturated heterocycles. The van der Waals surface area contributed by atoms with Gasteiger partial charge in [0.05, 0.1) is 24.3 Å². The molecule has 14 heteroatoms. The number of hydrogen-bond donors (Lipinski definition) is 3. The van der Waals surface area contributed by atoms with Crippen molar-refractivity contribution in [3.63, 3.8) is 0 Å². The minimum absolute atomic E-state index is 0.00223. The van der Waals surface area contributed by atoms with Gasteiger partial charge in [-0.1, -0.05) is 73.1 Å². The Hall–Kier alpha value is -3.91. The fraction of sp³-hybridized carbons (Fsp3) is 0.682. The van der Waals surface area contributed by atoms with Crippen LogP contribution in [0.5, 0.6) is 5.75 Å². The molecule has 0 saturated carbocycles. The first-order valence-corrected chi connectivity index (χ1v) is 21.8. The van der Waals surface area contributed by atoms with Crippen LogP contribution < -0.4 is 15.4 Å². The minimum Gasteiger partial charge on any atom is -0.497 e. The highest BCUT2D eigenvalue weighted by molar-refractivity contribution is 8.14. The van der Waals surface area contributed by atoms with Gasteiger partial charge in [-0.05, 0) is 74.5 Å². The van der Waals surface area contributed by atoms with Crippen LogP contribution in [0, 0.1) is 23.2 Å². The number of aliphatic imine (C=N–C) groups is 1. The summed E-state index contributed by atoms with van der Waals surface area (Å²) in [6, 6.07) is 3.10. The predicted octanol–water partition coefficient (Wildman–Crippen LogP) is 4.94. The third-order valence-corrected chi connectivity index (χ3v) is 13.3. The van der Waals surface area contributed by atoms with Gasteiger partial charge in [-0.25, -0.2) is 4.79 Å². The smallest absolute Gasteiger partial charge is 0.329 e. The Morgan fingerprint density at radius 3 is 2.33 bits per heavy atom. The second-order valence-corrected chi connectivity index (χ2v) is 18.7. The van der Waals surface area contributed by atoms with Gasteiger partial charge in [0.2, 0.25) is 23.6 Å². The number of ether oxygens (including phenoxy) is 2. The second-order valence-electron chi connectivity index (χ2n) is 17.7. The van der Waals surface area contributed by atoms with Crippen molar-refractivity contribution < 1.29 is 38.6 Å². The Morgan fingerprint density at radius 1 is 1.03 bits per heavy atom. The van der Waals surface area contributed by atoms with Gasteiger partial charge in [0.1, 0.15) is 36.0 Å². The van der Waals surface area contributed by atoms with E-state index in [1.165, 1.54) is 11.9 Å². The zero-order chi connectivity index (χ0) is 43.1. The standard InChI is InChI=1S/C44H67N5O8S/c1-12-26(3)37-42(54)49-19-13-14-34(49)43(55)57-36(44(7,8)9)21-25(2)20-35(50)28(5)40-45-31(24-58-40)22-27(4)38(51)46-33(23-30-15-17-32(56-11)18-16-30)41(53)48(10)29(6)39(52)47-37/h15-18,22,25-26,28-29,31,33-37,50H,12-14,19-21,23-24H2,1-11H3,(H,46,51)(H,47,52)/t25-,26-,28-,29-,31-,33-,34-,35-,36-,37-/m0/s1. The van der Waals surface area contributed by atoms with Gasteiger partial charge in [0, 0.05) is 37.3 Å². The molecular weight excluding hydrogens is 759 g/mol. The molecule has 1 fully saturated rings. The molecule has 0 unspecified atom stereocenters. The number of benzene rings is 1. The van der Waals surface area contributed by atoms with Crippen molar-refractivity contribution >= 4 is 46.4 Å². The second kappa shape index (κ2) is 20.4. The zero-order valence-corrected chi connectivity index (χ0v) is 37.2. The van der Waals surface area contributed by atoms with Crippen molar-refractivity contribution in [3.8, 4) is 5.75 Å². The molecule has 0 aromatic heterocycles. The Kier molecular flexibility index (Phi) is 16.4. The van der Waals surface area contributed by atoms with Crippen LogP contribution in [-0.2, 0) is 35.1 Å². The first kappa shape index (κ1) is 46.8. The van der Waals surface area contributed by atoms with Gasteiger partial charge in [-0.3, -0.25) is 24.2 Å². The maximum atomic E-state index is 14.3. The summed E-state index contributed by atoms with van der Waals surface area (Å²) >= 11 is 1.56. The molecule has 13 nitrogen and oxygen atoms in total. The Labute approximate surface area is 349 Å². The maximum Gasteiger partial charge on any atom is 0.329 e. The lowest BCUT2D eigenvalue weighted by Gasteiger charge is -2.36. The van der Waals surface area contributed by atoms with Gasteiger partial charge in [0.15, 0.2) is 0 Å². The van der Waals surface area contributed by atoms with E-state index >= 15 is 0 Å². The summed E-state index contributed by atoms with van der Waals surface area (Å²) in [7, 11) is 3.07. The van der Waals surface area contributed by atoms with Crippen LogP contribution in [-0.4, -0.2) is 118 Å². The molecule has 3 aliphatic rings. The van der Waals surface area contributed by atoms with Crippen LogP contribution in [0.3, 0.4) is 0 Å². The number of aliphatic hydroxyl groups is 1. The Balaban J connectivity index is 1.71. The third-order valence-electron chi connectivity index (χ3n) is 12.0. The molecule has 0 aliphatic carbocycles. The summed E-state index contributed by atoms with van der Waals surface area (Å²) in [4.78, 5) is 78.0. The highest BCUT2D eigenvalue weighted by atomic mass is 32.2. The monoisotopic (exact) mass is 825 g/mol. The zero-order valence-electron chi connectivity index (χ0n) is 36.4. The number of cyclic esters (lactones) is 1. The molecule has 3 heterocycles. The average Bonchev–Trinajstić information content (AvgIpc) is 3.87. The van der Waals surface area contributed by atoms with Crippen molar-refractivity contribution in [2.45, 2.75) is 143 Å². The topological polar surface area (TPSA) is 167 Å². The van der Waals surface area contributed by atoms with E-state index in [9.17, 15) is 29.1 Å². The first-order valence-electron chi connectivity index (χ1n) is 20.8. The molecule has 1 aromatic rings. The number of aliphatic hydroxyl groups excluding tert-OH is 1. The van der Waals surface area contributed by atoms with Crippen LogP contribution in [0.2, 0.25) is 0 Å². The molecule has 4 amide bonds. The molecule has 0 radical (unpaired) electrons. The number of amides is 4. The summed E-state index contributed by atoms with van der Waals surface area (Å²) in [5.74, 6) is -1.57. The van der Waals surface area contributed by atoms with Gasteiger partial charge in [0.25, 0.3) is 0 Å². The minimum atomic E-state index is -1.03. The van der Waals surface area contributed by atoms with E-state index in [1.54, 1.807) is 55.8 Å². The molecule has 3 N–H and O–H groups in total. The maximum absolute atomic E-state index is 14.3. The number of carbonyl (C=O) groups excluding carboxylic acids is 5. The number of methoxy groups -OCH3 is 1. The third kappa shape index (κ3) is 11.9. The number of likely N-dealkylation sites (N-methyl/N-ethyl adjacent to an activating group) is 1. The number of rotatable bonds is 5. The van der Waals surface area contributed by atoms with E-state index in [-0.39, 0.29) is 36.1 Å². The molecule has 10 atom stereocenters. The summed E-state index contributed by atoms with van der Waals surface area (Å²) in [5, 5.41) is 18.1. The van der Waals surface area contributed by atoms with Gasteiger partial charge in [-0.15, -0.1) is 11.8 Å². The van der Waals surface area contributed by atoms with E-state index in [2.05, 4.69) is 10.6 Å². The summed E-state index contributed by atoms with van der Waals surface area (Å²) in [6.45, 7) is 17.5. The van der Waals surface area contributed by atoms with Crippen LogP contribution in [0.15, 0.2) is 40.9 Å². The van der Waals surface area contributed by atoms with Crippen molar-refractivity contribution in [2.75, 3.05) is 26.5 Å². The van der Waals surface area contributed by atoms with Crippen molar-refractivity contribution in [2.24, 2.45) is 28.2 Å². The van der Waals surface area contributed by atoms with Gasteiger partial charge in [-0.2, -0.15) is 0 Å². The number of fused-ring (bicyclic) bond motifs is 2. The molecule has 4 rings (SSSR count). The van der Waals surface area contributed by atoms with E-state index in [4.69, 9.17) is 14.5 Å². The van der Waals surface area contributed by atoms with E-state index < -0.39 is 65.5 Å². The Morgan fingerprint density at radius 2 is 1.71 bits per heavy atom. The van der Waals surface area contributed by atoms with E-state index in [1.807, 2.05) is 60.6 Å². The lowest BCUT2D eigenvalue weighted by Crippen LogP contribution is -2.59. The summed E-state index contributed by atoms with van der Waals surface area (Å²) in [5.41, 5.74) is 0.753. The number of carbonyl (C=O) groups is 5.